The van der Waals surface area contributed by atoms with Gasteiger partial charge in [-0.25, -0.2) is 13.2 Å². The van der Waals surface area contributed by atoms with Crippen LogP contribution in [0.15, 0.2) is 0 Å². The first-order valence-corrected chi connectivity index (χ1v) is 5.58. The van der Waals surface area contributed by atoms with Crippen molar-refractivity contribution < 1.29 is 13.2 Å². The average molecular weight is 192 g/mol. The second-order valence-corrected chi connectivity index (χ2v) is 5.24. The lowest BCUT2D eigenvalue weighted by Gasteiger charge is -2.21. The monoisotopic (exact) mass is 192 g/mol. The van der Waals surface area contributed by atoms with Crippen LogP contribution in [0.5, 0.6) is 0 Å². The number of carbonyl (C=O) groups excluding carboxylic acids is 1. The molecule has 0 aromatic rings. The van der Waals surface area contributed by atoms with Crippen molar-refractivity contribution in [2.75, 3.05) is 11.5 Å². The Hall–Kier alpha value is -0.780. The molecule has 0 saturated carbocycles. The Bertz CT molecular complexity index is 259. The fraction of sp³-hybridized carbons (Fsp3) is 0.833. The van der Waals surface area contributed by atoms with Crippen molar-refractivity contribution in [2.24, 2.45) is 5.73 Å². The van der Waals surface area contributed by atoms with E-state index in [-0.39, 0.29) is 17.5 Å². The van der Waals surface area contributed by atoms with E-state index in [0.717, 1.165) is 0 Å². The highest BCUT2D eigenvalue weighted by atomic mass is 32.2. The molecule has 2 amide bonds. The van der Waals surface area contributed by atoms with Crippen LogP contribution in [0.3, 0.4) is 0 Å². The first-order valence-electron chi connectivity index (χ1n) is 3.76. The summed E-state index contributed by atoms with van der Waals surface area (Å²) in [5.74, 6) is 0.301. The minimum absolute atomic E-state index is 0.0639. The minimum atomic E-state index is -2.84. The number of primary amides is 1. The van der Waals surface area contributed by atoms with E-state index < -0.39 is 15.9 Å². The van der Waals surface area contributed by atoms with Crippen LogP contribution in [0, 0.1) is 0 Å². The normalized spacial score (nSPS) is 23.3. The molecule has 1 aliphatic heterocycles. The van der Waals surface area contributed by atoms with Gasteiger partial charge in [-0.15, -0.1) is 0 Å². The largest absolute Gasteiger partial charge is 0.352 e. The zero-order valence-corrected chi connectivity index (χ0v) is 7.43. The second kappa shape index (κ2) is 3.30. The molecule has 0 unspecified atom stereocenters. The number of rotatable bonds is 1. The highest BCUT2D eigenvalue weighted by molar-refractivity contribution is 7.91. The zero-order valence-electron chi connectivity index (χ0n) is 6.62. The molecule has 12 heavy (non-hydrogen) atoms. The molecule has 0 aromatic carbocycles. The molecule has 1 rings (SSSR count). The summed E-state index contributed by atoms with van der Waals surface area (Å²) in [6.45, 7) is 0. The number of sulfone groups is 1. The Kier molecular flexibility index (Phi) is 2.56. The highest BCUT2D eigenvalue weighted by Crippen LogP contribution is 2.11. The number of hydrogen-bond acceptors (Lipinski definition) is 3. The van der Waals surface area contributed by atoms with Gasteiger partial charge in [0, 0.05) is 6.04 Å². The van der Waals surface area contributed by atoms with Crippen molar-refractivity contribution in [3.8, 4) is 0 Å². The van der Waals surface area contributed by atoms with Crippen molar-refractivity contribution >= 4 is 15.9 Å². The van der Waals surface area contributed by atoms with Crippen LogP contribution >= 0.6 is 0 Å². The standard InChI is InChI=1S/C6H12N2O3S/c7-6(9)8-5-1-3-12(10,11)4-2-5/h5H,1-4H2,(H3,7,8,9). The second-order valence-electron chi connectivity index (χ2n) is 2.93. The number of urea groups is 1. The van der Waals surface area contributed by atoms with Crippen LogP contribution in [-0.4, -0.2) is 32.0 Å². The molecule has 1 aliphatic rings. The van der Waals surface area contributed by atoms with E-state index in [4.69, 9.17) is 5.73 Å². The third kappa shape index (κ3) is 2.69. The number of nitrogens with two attached hydrogens (primary N) is 1. The number of nitrogens with one attached hydrogen (secondary N) is 1. The van der Waals surface area contributed by atoms with E-state index in [1.165, 1.54) is 0 Å². The predicted octanol–water partition coefficient (Wildman–Crippen LogP) is -0.768. The molecule has 0 aromatic heterocycles. The SMILES string of the molecule is NC(=O)NC1CCS(=O)(=O)CC1. The number of hydrogen-bond donors (Lipinski definition) is 2. The van der Waals surface area contributed by atoms with Gasteiger partial charge in [0.05, 0.1) is 11.5 Å². The molecule has 5 nitrogen and oxygen atoms in total. The molecule has 0 aliphatic carbocycles. The van der Waals surface area contributed by atoms with Crippen molar-refractivity contribution in [1.29, 1.82) is 0 Å². The van der Waals surface area contributed by atoms with Gasteiger partial charge in [0.25, 0.3) is 0 Å². The average Bonchev–Trinajstić information content (AvgIpc) is 1.93. The first kappa shape index (κ1) is 9.31. The van der Waals surface area contributed by atoms with Gasteiger partial charge >= 0.3 is 6.03 Å². The maximum Gasteiger partial charge on any atom is 0.312 e. The summed E-state index contributed by atoms with van der Waals surface area (Å²) in [6, 6.07) is -0.648. The summed E-state index contributed by atoms with van der Waals surface area (Å²) >= 11 is 0. The fourth-order valence-corrected chi connectivity index (χ4v) is 2.73. The predicted molar refractivity (Wildman–Crippen MR) is 44.4 cm³/mol. The van der Waals surface area contributed by atoms with E-state index in [0.29, 0.717) is 12.8 Å². The van der Waals surface area contributed by atoms with Gasteiger partial charge in [-0.2, -0.15) is 0 Å². The molecule has 0 radical (unpaired) electrons. The van der Waals surface area contributed by atoms with E-state index >= 15 is 0 Å². The van der Waals surface area contributed by atoms with Crippen LogP contribution in [0.2, 0.25) is 0 Å². The lowest BCUT2D eigenvalue weighted by Crippen LogP contribution is -2.43. The molecule has 1 fully saturated rings. The quantitative estimate of drug-likeness (QED) is 0.571. The van der Waals surface area contributed by atoms with Gasteiger partial charge in [-0.05, 0) is 12.8 Å². The van der Waals surface area contributed by atoms with E-state index in [2.05, 4.69) is 5.32 Å². The maximum atomic E-state index is 10.9. The van der Waals surface area contributed by atoms with Gasteiger partial charge in [0.1, 0.15) is 9.84 Å². The summed E-state index contributed by atoms with van der Waals surface area (Å²) in [6.07, 6.45) is 0.955. The lowest BCUT2D eigenvalue weighted by molar-refractivity contribution is 0.244. The van der Waals surface area contributed by atoms with Crippen LogP contribution in [0.1, 0.15) is 12.8 Å². The van der Waals surface area contributed by atoms with E-state index in [1.54, 1.807) is 0 Å². The topological polar surface area (TPSA) is 89.3 Å². The summed E-state index contributed by atoms with van der Waals surface area (Å²) < 4.78 is 21.9. The Labute approximate surface area is 71.2 Å². The molecular formula is C6H12N2O3S. The molecule has 0 bridgehead atoms. The molecular weight excluding hydrogens is 180 g/mol. The van der Waals surface area contributed by atoms with Crippen molar-refractivity contribution in [2.45, 2.75) is 18.9 Å². The smallest absolute Gasteiger partial charge is 0.312 e. The molecule has 0 atom stereocenters. The Morgan fingerprint density at radius 1 is 1.33 bits per heavy atom. The number of carbonyl (C=O) groups is 1. The van der Waals surface area contributed by atoms with Crippen molar-refractivity contribution in [3.63, 3.8) is 0 Å². The first-order chi connectivity index (χ1) is 5.49. The summed E-state index contributed by atoms with van der Waals surface area (Å²) in [5.41, 5.74) is 4.89. The molecule has 3 N–H and O–H groups in total. The summed E-state index contributed by atoms with van der Waals surface area (Å²) in [7, 11) is -2.84. The molecule has 0 spiro atoms. The van der Waals surface area contributed by atoms with Crippen molar-refractivity contribution in [3.05, 3.63) is 0 Å². The van der Waals surface area contributed by atoms with E-state index in [9.17, 15) is 13.2 Å². The van der Waals surface area contributed by atoms with Crippen molar-refractivity contribution in [1.82, 2.24) is 5.32 Å². The third-order valence-corrected chi connectivity index (χ3v) is 3.62. The molecule has 1 heterocycles. The summed E-state index contributed by atoms with van der Waals surface area (Å²) in [5, 5.41) is 2.49. The molecule has 1 saturated heterocycles. The summed E-state index contributed by atoms with van der Waals surface area (Å²) in [4.78, 5) is 10.4. The van der Waals surface area contributed by atoms with Crippen LogP contribution in [0.25, 0.3) is 0 Å². The Balaban J connectivity index is 2.41. The van der Waals surface area contributed by atoms with Crippen LogP contribution < -0.4 is 11.1 Å². The van der Waals surface area contributed by atoms with Crippen LogP contribution in [0.4, 0.5) is 4.79 Å². The maximum absolute atomic E-state index is 10.9. The van der Waals surface area contributed by atoms with Crippen LogP contribution in [-0.2, 0) is 9.84 Å². The van der Waals surface area contributed by atoms with Gasteiger partial charge in [-0.3, -0.25) is 0 Å². The van der Waals surface area contributed by atoms with Gasteiger partial charge in [0.15, 0.2) is 0 Å². The fourth-order valence-electron chi connectivity index (χ4n) is 1.24. The lowest BCUT2D eigenvalue weighted by atomic mass is 10.2. The Morgan fingerprint density at radius 3 is 2.25 bits per heavy atom. The zero-order chi connectivity index (χ0) is 9.19. The number of amides is 2. The molecule has 70 valence electrons. The highest BCUT2D eigenvalue weighted by Gasteiger charge is 2.23. The minimum Gasteiger partial charge on any atom is -0.352 e. The Morgan fingerprint density at radius 2 is 1.83 bits per heavy atom. The van der Waals surface area contributed by atoms with Gasteiger partial charge in [0.2, 0.25) is 0 Å². The molecule has 6 heteroatoms. The third-order valence-electron chi connectivity index (χ3n) is 1.90. The van der Waals surface area contributed by atoms with Gasteiger partial charge < -0.3 is 11.1 Å². The van der Waals surface area contributed by atoms with Gasteiger partial charge in [-0.1, -0.05) is 0 Å². The van der Waals surface area contributed by atoms with E-state index in [1.807, 2.05) is 0 Å².